The molecule has 0 bridgehead atoms. The molecule has 2 heterocycles. The van der Waals surface area contributed by atoms with E-state index in [1.54, 1.807) is 36.4 Å². The largest absolute Gasteiger partial charge is 0.468 e. The van der Waals surface area contributed by atoms with Crippen LogP contribution in [0.5, 0.6) is 0 Å². The van der Waals surface area contributed by atoms with Crippen molar-refractivity contribution in [1.29, 1.82) is 0 Å². The molecular formula is C26H29N3O4S. The number of rotatable bonds is 7. The molecule has 1 aromatic heterocycles. The molecule has 4 rings (SSSR count). The second kappa shape index (κ2) is 10.3. The van der Waals surface area contributed by atoms with E-state index in [4.69, 9.17) is 4.42 Å². The highest BCUT2D eigenvalue weighted by Gasteiger charge is 2.21. The number of nitrogens with one attached hydrogen (secondary N) is 1. The SMILES string of the molecule is Cc1cccc(N2CCN(C(=O)C=Cc3ccc(S(=O)(=O)NCc4ccco4)cc3)CC2)c1C. The molecule has 1 fully saturated rings. The van der Waals surface area contributed by atoms with E-state index >= 15 is 0 Å². The summed E-state index contributed by atoms with van der Waals surface area (Å²) in [6.07, 6.45) is 4.76. The van der Waals surface area contributed by atoms with Gasteiger partial charge >= 0.3 is 0 Å². The number of aryl methyl sites for hydroxylation is 1. The number of hydrogen-bond acceptors (Lipinski definition) is 5. The summed E-state index contributed by atoms with van der Waals surface area (Å²) in [6, 6.07) is 16.2. The molecule has 1 aliphatic rings. The monoisotopic (exact) mass is 479 g/mol. The molecule has 0 spiro atoms. The number of sulfonamides is 1. The third-order valence-corrected chi connectivity index (χ3v) is 7.55. The van der Waals surface area contributed by atoms with E-state index in [0.29, 0.717) is 18.8 Å². The first-order valence-corrected chi connectivity index (χ1v) is 12.7. The Morgan fingerprint density at radius 2 is 1.74 bits per heavy atom. The number of nitrogens with zero attached hydrogens (tertiary/aromatic N) is 2. The van der Waals surface area contributed by atoms with Gasteiger partial charge in [0, 0.05) is 37.9 Å². The summed E-state index contributed by atoms with van der Waals surface area (Å²) in [5.41, 5.74) is 4.54. The fourth-order valence-corrected chi connectivity index (χ4v) is 4.93. The Morgan fingerprint density at radius 1 is 1.00 bits per heavy atom. The highest BCUT2D eigenvalue weighted by atomic mass is 32.2. The molecule has 34 heavy (non-hydrogen) atoms. The zero-order valence-corrected chi connectivity index (χ0v) is 20.2. The molecule has 7 nitrogen and oxygen atoms in total. The molecule has 3 aromatic rings. The summed E-state index contributed by atoms with van der Waals surface area (Å²) in [4.78, 5) is 17.0. The lowest BCUT2D eigenvalue weighted by Crippen LogP contribution is -2.48. The molecule has 1 amide bonds. The fraction of sp³-hybridized carbons (Fsp3) is 0.269. The van der Waals surface area contributed by atoms with Gasteiger partial charge in [0.05, 0.1) is 17.7 Å². The minimum absolute atomic E-state index is 0.0440. The second-order valence-electron chi connectivity index (χ2n) is 8.34. The highest BCUT2D eigenvalue weighted by molar-refractivity contribution is 7.89. The Bertz CT molecular complexity index is 1260. The molecule has 178 valence electrons. The Kier molecular flexibility index (Phi) is 7.19. The molecule has 0 atom stereocenters. The van der Waals surface area contributed by atoms with Crippen LogP contribution in [-0.2, 0) is 21.4 Å². The smallest absolute Gasteiger partial charge is 0.246 e. The molecule has 0 aliphatic carbocycles. The van der Waals surface area contributed by atoms with Gasteiger partial charge in [-0.1, -0.05) is 24.3 Å². The maximum atomic E-state index is 12.7. The van der Waals surface area contributed by atoms with Crippen LogP contribution in [-0.4, -0.2) is 45.4 Å². The molecular weight excluding hydrogens is 450 g/mol. The molecule has 1 saturated heterocycles. The van der Waals surface area contributed by atoms with E-state index in [2.05, 4.69) is 41.7 Å². The highest BCUT2D eigenvalue weighted by Crippen LogP contribution is 2.24. The van der Waals surface area contributed by atoms with Crippen LogP contribution < -0.4 is 9.62 Å². The van der Waals surface area contributed by atoms with Crippen LogP contribution in [0.25, 0.3) is 6.08 Å². The van der Waals surface area contributed by atoms with Gasteiger partial charge in [-0.05, 0) is 66.9 Å². The van der Waals surface area contributed by atoms with Crippen LogP contribution in [0, 0.1) is 13.8 Å². The lowest BCUT2D eigenvalue weighted by atomic mass is 10.1. The normalized spacial score (nSPS) is 14.6. The third kappa shape index (κ3) is 5.58. The van der Waals surface area contributed by atoms with Gasteiger partial charge in [0.25, 0.3) is 0 Å². The van der Waals surface area contributed by atoms with E-state index in [0.717, 1.165) is 18.7 Å². The van der Waals surface area contributed by atoms with Crippen LogP contribution in [0.2, 0.25) is 0 Å². The minimum Gasteiger partial charge on any atom is -0.468 e. The van der Waals surface area contributed by atoms with Crippen molar-refractivity contribution in [3.8, 4) is 0 Å². The molecule has 0 saturated carbocycles. The summed E-state index contributed by atoms with van der Waals surface area (Å²) < 4.78 is 32.5. The number of hydrogen-bond donors (Lipinski definition) is 1. The maximum absolute atomic E-state index is 12.7. The summed E-state index contributed by atoms with van der Waals surface area (Å²) in [5, 5.41) is 0. The molecule has 8 heteroatoms. The van der Waals surface area contributed by atoms with Crippen molar-refractivity contribution >= 4 is 27.7 Å². The summed E-state index contributed by atoms with van der Waals surface area (Å²) in [7, 11) is -3.65. The molecule has 0 radical (unpaired) electrons. The van der Waals surface area contributed by atoms with Crippen LogP contribution >= 0.6 is 0 Å². The van der Waals surface area contributed by atoms with Crippen LogP contribution in [0.4, 0.5) is 5.69 Å². The molecule has 1 aliphatic heterocycles. The number of furan rings is 1. The van der Waals surface area contributed by atoms with Crippen molar-refractivity contribution in [3.05, 3.63) is 89.4 Å². The van der Waals surface area contributed by atoms with Gasteiger partial charge in [-0.3, -0.25) is 4.79 Å². The molecule has 0 unspecified atom stereocenters. The Labute approximate surface area is 200 Å². The van der Waals surface area contributed by atoms with Gasteiger partial charge in [0.15, 0.2) is 0 Å². The van der Waals surface area contributed by atoms with E-state index in [9.17, 15) is 13.2 Å². The minimum atomic E-state index is -3.65. The molecule has 1 N–H and O–H groups in total. The van der Waals surface area contributed by atoms with Crippen molar-refractivity contribution in [2.75, 3.05) is 31.1 Å². The summed E-state index contributed by atoms with van der Waals surface area (Å²) in [6.45, 7) is 7.24. The fourth-order valence-electron chi connectivity index (χ4n) is 3.94. The number of piperazine rings is 1. The predicted molar refractivity (Wildman–Crippen MR) is 133 cm³/mol. The van der Waals surface area contributed by atoms with Gasteiger partial charge in [0.1, 0.15) is 5.76 Å². The Hall–Kier alpha value is -3.36. The first-order valence-electron chi connectivity index (χ1n) is 11.2. The average Bonchev–Trinajstić information content (AvgIpc) is 3.37. The van der Waals surface area contributed by atoms with Gasteiger partial charge < -0.3 is 14.2 Å². The van der Waals surface area contributed by atoms with Gasteiger partial charge in [-0.15, -0.1) is 0 Å². The van der Waals surface area contributed by atoms with Crippen LogP contribution in [0.1, 0.15) is 22.5 Å². The van der Waals surface area contributed by atoms with E-state index in [1.165, 1.54) is 35.2 Å². The van der Waals surface area contributed by atoms with Crippen molar-refractivity contribution in [2.24, 2.45) is 0 Å². The number of carbonyl (C=O) groups excluding carboxylic acids is 1. The van der Waals surface area contributed by atoms with E-state index in [-0.39, 0.29) is 17.3 Å². The average molecular weight is 480 g/mol. The first-order chi connectivity index (χ1) is 16.3. The number of amides is 1. The van der Waals surface area contributed by atoms with Crippen molar-refractivity contribution < 1.29 is 17.6 Å². The standard InChI is InChI=1S/C26H29N3O4S/c1-20-5-3-7-25(21(20)2)28-14-16-29(17-15-28)26(30)13-10-22-8-11-24(12-9-22)34(31,32)27-19-23-6-4-18-33-23/h3-13,18,27H,14-17,19H2,1-2H3. The third-order valence-electron chi connectivity index (χ3n) is 6.13. The lowest BCUT2D eigenvalue weighted by molar-refractivity contribution is -0.126. The first kappa shape index (κ1) is 23.8. The van der Waals surface area contributed by atoms with Crippen LogP contribution in [0.15, 0.2) is 76.2 Å². The van der Waals surface area contributed by atoms with Gasteiger partial charge in [-0.25, -0.2) is 13.1 Å². The van der Waals surface area contributed by atoms with Gasteiger partial charge in [-0.2, -0.15) is 0 Å². The van der Waals surface area contributed by atoms with Crippen molar-refractivity contribution in [3.63, 3.8) is 0 Å². The number of anilines is 1. The Balaban J connectivity index is 1.31. The summed E-state index contributed by atoms with van der Waals surface area (Å²) >= 11 is 0. The predicted octanol–water partition coefficient (Wildman–Crippen LogP) is 3.74. The quantitative estimate of drug-likeness (QED) is 0.522. The van der Waals surface area contributed by atoms with E-state index < -0.39 is 10.0 Å². The maximum Gasteiger partial charge on any atom is 0.246 e. The Morgan fingerprint density at radius 3 is 2.41 bits per heavy atom. The second-order valence-corrected chi connectivity index (χ2v) is 10.1. The van der Waals surface area contributed by atoms with Crippen molar-refractivity contribution in [2.45, 2.75) is 25.3 Å². The van der Waals surface area contributed by atoms with Crippen LogP contribution in [0.3, 0.4) is 0 Å². The zero-order chi connectivity index (χ0) is 24.1. The van der Waals surface area contributed by atoms with E-state index in [1.807, 2.05) is 4.90 Å². The number of carbonyl (C=O) groups is 1. The molecule has 2 aromatic carbocycles. The summed E-state index contributed by atoms with van der Waals surface area (Å²) in [5.74, 6) is 0.494. The zero-order valence-electron chi connectivity index (χ0n) is 19.4. The van der Waals surface area contributed by atoms with Gasteiger partial charge in [0.2, 0.25) is 15.9 Å². The van der Waals surface area contributed by atoms with Crippen molar-refractivity contribution in [1.82, 2.24) is 9.62 Å². The number of benzene rings is 2. The lowest BCUT2D eigenvalue weighted by Gasteiger charge is -2.36. The topological polar surface area (TPSA) is 82.9 Å².